The maximum absolute atomic E-state index is 12.2. The number of halogens is 1. The van der Waals surface area contributed by atoms with Crippen molar-refractivity contribution < 1.29 is 13.2 Å². The van der Waals surface area contributed by atoms with Gasteiger partial charge in [-0.05, 0) is 38.5 Å². The number of hydrogen-bond donors (Lipinski definition) is 2. The Morgan fingerprint density at radius 2 is 1.90 bits per heavy atom. The molecule has 3 N–H and O–H groups in total. The van der Waals surface area contributed by atoms with Crippen molar-refractivity contribution in [3.05, 3.63) is 29.8 Å². The molecule has 0 saturated heterocycles. The SMILES string of the molecule is CC(C)(C)S(=O)(=O)Cc1cccc(NC(=O)CCN)c1.Cl. The predicted octanol–water partition coefficient (Wildman–Crippen LogP) is 2.11. The Labute approximate surface area is 132 Å². The fraction of sp³-hybridized carbons (Fsp3) is 0.500. The fourth-order valence-corrected chi connectivity index (χ4v) is 2.58. The van der Waals surface area contributed by atoms with E-state index in [9.17, 15) is 13.2 Å². The van der Waals surface area contributed by atoms with Gasteiger partial charge in [-0.2, -0.15) is 0 Å². The standard InChI is InChI=1S/C14H22N2O3S.ClH/c1-14(2,3)20(18,19)10-11-5-4-6-12(9-11)16-13(17)7-8-15;/h4-6,9H,7-8,10,15H2,1-3H3,(H,16,17);1H. The van der Waals surface area contributed by atoms with Crippen LogP contribution in [-0.2, 0) is 20.4 Å². The maximum atomic E-state index is 12.2. The Hall–Kier alpha value is -1.11. The Kier molecular flexibility index (Phi) is 7.36. The molecule has 7 heteroatoms. The topological polar surface area (TPSA) is 89.3 Å². The molecule has 21 heavy (non-hydrogen) atoms. The summed E-state index contributed by atoms with van der Waals surface area (Å²) in [7, 11) is -3.24. The van der Waals surface area contributed by atoms with Gasteiger partial charge in [0.15, 0.2) is 9.84 Å². The van der Waals surface area contributed by atoms with Crippen LogP contribution in [0.2, 0.25) is 0 Å². The van der Waals surface area contributed by atoms with Crippen LogP contribution in [-0.4, -0.2) is 25.6 Å². The van der Waals surface area contributed by atoms with E-state index in [1.165, 1.54) is 0 Å². The van der Waals surface area contributed by atoms with Gasteiger partial charge in [0.2, 0.25) is 5.91 Å². The third kappa shape index (κ3) is 6.03. The summed E-state index contributed by atoms with van der Waals surface area (Å²) < 4.78 is 23.5. The Morgan fingerprint density at radius 3 is 2.43 bits per heavy atom. The molecule has 0 atom stereocenters. The third-order valence-corrected chi connectivity index (χ3v) is 5.45. The number of nitrogens with one attached hydrogen (secondary N) is 1. The zero-order chi connectivity index (χ0) is 15.4. The van der Waals surface area contributed by atoms with Crippen LogP contribution in [0.25, 0.3) is 0 Å². The lowest BCUT2D eigenvalue weighted by Crippen LogP contribution is -2.29. The second-order valence-electron chi connectivity index (χ2n) is 5.66. The van der Waals surface area contributed by atoms with E-state index in [4.69, 9.17) is 5.73 Å². The molecular formula is C14H23ClN2O3S. The number of anilines is 1. The molecule has 0 radical (unpaired) electrons. The first-order chi connectivity index (χ1) is 9.15. The first-order valence-electron chi connectivity index (χ1n) is 6.47. The smallest absolute Gasteiger partial charge is 0.225 e. The van der Waals surface area contributed by atoms with Crippen molar-refractivity contribution in [2.45, 2.75) is 37.7 Å². The van der Waals surface area contributed by atoms with Gasteiger partial charge in [-0.1, -0.05) is 12.1 Å². The molecule has 0 fully saturated rings. The molecule has 0 spiro atoms. The molecule has 0 aliphatic rings. The van der Waals surface area contributed by atoms with Crippen molar-refractivity contribution >= 4 is 33.8 Å². The normalized spacial score (nSPS) is 11.6. The molecule has 1 aromatic carbocycles. The van der Waals surface area contributed by atoms with Gasteiger partial charge < -0.3 is 11.1 Å². The molecule has 0 unspecified atom stereocenters. The van der Waals surface area contributed by atoms with Gasteiger partial charge in [-0.15, -0.1) is 12.4 Å². The van der Waals surface area contributed by atoms with Gasteiger partial charge >= 0.3 is 0 Å². The van der Waals surface area contributed by atoms with Crippen molar-refractivity contribution in [1.29, 1.82) is 0 Å². The first-order valence-corrected chi connectivity index (χ1v) is 8.12. The van der Waals surface area contributed by atoms with Crippen LogP contribution >= 0.6 is 12.4 Å². The summed E-state index contributed by atoms with van der Waals surface area (Å²) in [4.78, 5) is 11.5. The van der Waals surface area contributed by atoms with E-state index >= 15 is 0 Å². The van der Waals surface area contributed by atoms with Gasteiger partial charge in [0.1, 0.15) is 0 Å². The van der Waals surface area contributed by atoms with Crippen LogP contribution in [0.3, 0.4) is 0 Å². The maximum Gasteiger partial charge on any atom is 0.225 e. The quantitative estimate of drug-likeness (QED) is 0.863. The average Bonchev–Trinajstić information content (AvgIpc) is 2.27. The lowest BCUT2D eigenvalue weighted by Gasteiger charge is -2.19. The second-order valence-corrected chi connectivity index (χ2v) is 8.40. The molecule has 0 heterocycles. The number of benzene rings is 1. The predicted molar refractivity (Wildman–Crippen MR) is 88.4 cm³/mol. The number of carbonyl (C=O) groups is 1. The Balaban J connectivity index is 0.00000400. The van der Waals surface area contributed by atoms with E-state index in [1.807, 2.05) is 0 Å². The second kappa shape index (κ2) is 7.77. The molecule has 1 amide bonds. The van der Waals surface area contributed by atoms with Gasteiger partial charge in [0.05, 0.1) is 10.5 Å². The molecule has 0 aliphatic carbocycles. The molecule has 5 nitrogen and oxygen atoms in total. The number of nitrogens with two attached hydrogens (primary N) is 1. The number of amides is 1. The van der Waals surface area contributed by atoms with E-state index < -0.39 is 14.6 Å². The lowest BCUT2D eigenvalue weighted by molar-refractivity contribution is -0.116. The minimum atomic E-state index is -3.24. The minimum absolute atomic E-state index is 0. The Bertz CT molecular complexity index is 580. The van der Waals surface area contributed by atoms with E-state index in [1.54, 1.807) is 45.0 Å². The van der Waals surface area contributed by atoms with Crippen molar-refractivity contribution in [3.8, 4) is 0 Å². The van der Waals surface area contributed by atoms with Crippen LogP contribution in [0, 0.1) is 0 Å². The number of carbonyl (C=O) groups excluding carboxylic acids is 1. The third-order valence-electron chi connectivity index (χ3n) is 2.87. The summed E-state index contributed by atoms with van der Waals surface area (Å²) in [6, 6.07) is 6.87. The van der Waals surface area contributed by atoms with Crippen LogP contribution in [0.15, 0.2) is 24.3 Å². The highest BCUT2D eigenvalue weighted by Crippen LogP contribution is 2.22. The summed E-state index contributed by atoms with van der Waals surface area (Å²) in [5.41, 5.74) is 6.55. The molecule has 0 bridgehead atoms. The lowest BCUT2D eigenvalue weighted by atomic mass is 10.2. The van der Waals surface area contributed by atoms with Crippen molar-refractivity contribution in [2.75, 3.05) is 11.9 Å². The highest BCUT2D eigenvalue weighted by Gasteiger charge is 2.28. The molecule has 0 aliphatic heterocycles. The van der Waals surface area contributed by atoms with Crippen molar-refractivity contribution in [3.63, 3.8) is 0 Å². The number of rotatable bonds is 5. The fourth-order valence-electron chi connectivity index (χ4n) is 1.53. The molecule has 0 aromatic heterocycles. The Morgan fingerprint density at radius 1 is 1.29 bits per heavy atom. The van der Waals surface area contributed by atoms with Crippen LogP contribution in [0.4, 0.5) is 5.69 Å². The highest BCUT2D eigenvalue weighted by atomic mass is 35.5. The summed E-state index contributed by atoms with van der Waals surface area (Å²) in [5, 5.41) is 2.69. The minimum Gasteiger partial charge on any atom is -0.330 e. The molecular weight excluding hydrogens is 312 g/mol. The molecule has 120 valence electrons. The van der Waals surface area contributed by atoms with Crippen LogP contribution in [0.1, 0.15) is 32.8 Å². The van der Waals surface area contributed by atoms with Gasteiger partial charge in [-0.25, -0.2) is 8.42 Å². The number of sulfone groups is 1. The van der Waals surface area contributed by atoms with Gasteiger partial charge in [0, 0.05) is 18.7 Å². The summed E-state index contributed by atoms with van der Waals surface area (Å²) in [5.74, 6) is -0.222. The summed E-state index contributed by atoms with van der Waals surface area (Å²) in [6.45, 7) is 5.31. The number of hydrogen-bond acceptors (Lipinski definition) is 4. The summed E-state index contributed by atoms with van der Waals surface area (Å²) >= 11 is 0. The van der Waals surface area contributed by atoms with E-state index in [2.05, 4.69) is 5.32 Å². The zero-order valence-corrected chi connectivity index (χ0v) is 14.2. The molecule has 1 aromatic rings. The largest absolute Gasteiger partial charge is 0.330 e. The van der Waals surface area contributed by atoms with E-state index in [0.717, 1.165) is 0 Å². The van der Waals surface area contributed by atoms with Gasteiger partial charge in [0.25, 0.3) is 0 Å². The molecule has 1 rings (SSSR count). The van der Waals surface area contributed by atoms with Crippen molar-refractivity contribution in [2.24, 2.45) is 5.73 Å². The van der Waals surface area contributed by atoms with Crippen LogP contribution < -0.4 is 11.1 Å². The van der Waals surface area contributed by atoms with Crippen molar-refractivity contribution in [1.82, 2.24) is 0 Å². The monoisotopic (exact) mass is 334 g/mol. The molecule has 0 saturated carbocycles. The zero-order valence-electron chi connectivity index (χ0n) is 12.5. The highest BCUT2D eigenvalue weighted by molar-refractivity contribution is 7.91. The average molecular weight is 335 g/mol. The summed E-state index contributed by atoms with van der Waals surface area (Å²) in [6.07, 6.45) is 0.241. The first kappa shape index (κ1) is 19.9. The van der Waals surface area contributed by atoms with E-state index in [0.29, 0.717) is 11.3 Å². The van der Waals surface area contributed by atoms with Gasteiger partial charge in [-0.3, -0.25) is 4.79 Å². The van der Waals surface area contributed by atoms with E-state index in [-0.39, 0.29) is 37.0 Å². The van der Waals surface area contributed by atoms with Crippen LogP contribution in [0.5, 0.6) is 0 Å².